The van der Waals surface area contributed by atoms with Crippen molar-refractivity contribution in [3.05, 3.63) is 108 Å². The van der Waals surface area contributed by atoms with Crippen LogP contribution >= 0.6 is 0 Å². The van der Waals surface area contributed by atoms with Gasteiger partial charge in [0.15, 0.2) is 5.65 Å². The fraction of sp³-hybridized carbons (Fsp3) is 0.237. The lowest BCUT2D eigenvalue weighted by atomic mass is 9.78. The maximum absolute atomic E-state index is 10.6. The number of hydrogen-bond donors (Lipinski definition) is 1. The highest BCUT2D eigenvalue weighted by Gasteiger charge is 2.22. The van der Waals surface area contributed by atoms with Gasteiger partial charge in [-0.25, -0.2) is 9.97 Å². The fourth-order valence-corrected chi connectivity index (χ4v) is 5.51. The van der Waals surface area contributed by atoms with Crippen LogP contribution in [0, 0.1) is 0 Å². The minimum atomic E-state index is 0.00204. The number of phenols is 1. The summed E-state index contributed by atoms with van der Waals surface area (Å²) >= 11 is 0. The lowest BCUT2D eigenvalue weighted by Crippen LogP contribution is -2.16. The van der Waals surface area contributed by atoms with Gasteiger partial charge in [0.25, 0.3) is 0 Å². The molecule has 0 amide bonds. The molecular weight excluding hydrogens is 528 g/mol. The normalized spacial score (nSPS) is 12.2. The van der Waals surface area contributed by atoms with Crippen LogP contribution < -0.4 is 0 Å². The molecule has 3 aromatic carbocycles. The van der Waals surface area contributed by atoms with Crippen molar-refractivity contribution in [3.8, 4) is 50.6 Å². The molecule has 0 fully saturated rings. The Morgan fingerprint density at radius 2 is 1.23 bits per heavy atom. The van der Waals surface area contributed by atoms with Crippen LogP contribution in [0.2, 0.25) is 0 Å². The van der Waals surface area contributed by atoms with Gasteiger partial charge in [0.05, 0.1) is 11.3 Å². The van der Waals surface area contributed by atoms with Crippen LogP contribution in [0.1, 0.15) is 52.7 Å². The Morgan fingerprint density at radius 3 is 1.88 bits per heavy atom. The number of benzene rings is 3. The highest BCUT2D eigenvalue weighted by molar-refractivity contribution is 5.94. The molecule has 3 aromatic heterocycles. The van der Waals surface area contributed by atoms with Crippen molar-refractivity contribution >= 4 is 11.2 Å². The molecule has 5 nitrogen and oxygen atoms in total. The number of phenolic OH excluding ortho intramolecular Hbond substituents is 1. The lowest BCUT2D eigenvalue weighted by molar-refractivity contribution is 0.476. The zero-order valence-electron chi connectivity index (χ0n) is 26.0. The van der Waals surface area contributed by atoms with E-state index in [4.69, 9.17) is 9.97 Å². The van der Waals surface area contributed by atoms with E-state index in [-0.39, 0.29) is 16.6 Å². The van der Waals surface area contributed by atoms with E-state index < -0.39 is 0 Å². The number of aromatic nitrogens is 4. The first-order chi connectivity index (χ1) is 20.4. The smallest absolute Gasteiger partial charge is 0.160 e. The number of para-hydroxylation sites is 1. The summed E-state index contributed by atoms with van der Waals surface area (Å²) in [5, 5.41) is 10.6. The third kappa shape index (κ3) is 5.43. The molecule has 0 saturated carbocycles. The van der Waals surface area contributed by atoms with Crippen molar-refractivity contribution in [3.63, 3.8) is 0 Å². The molecule has 0 unspecified atom stereocenters. The maximum Gasteiger partial charge on any atom is 0.160 e. The Morgan fingerprint density at radius 1 is 0.605 bits per heavy atom. The minimum absolute atomic E-state index is 0.00204. The van der Waals surface area contributed by atoms with Gasteiger partial charge in [-0.3, -0.25) is 4.98 Å². The van der Waals surface area contributed by atoms with Gasteiger partial charge in [0.1, 0.15) is 17.1 Å². The summed E-state index contributed by atoms with van der Waals surface area (Å²) < 4.78 is 1.94. The Balaban J connectivity index is 1.62. The minimum Gasteiger partial charge on any atom is -0.507 e. The number of nitrogens with zero attached hydrogens (tertiary/aromatic N) is 4. The van der Waals surface area contributed by atoms with Crippen LogP contribution in [0.15, 0.2) is 97.3 Å². The molecular formula is C38H38N4O. The molecule has 0 aliphatic rings. The summed E-state index contributed by atoms with van der Waals surface area (Å²) in [6, 6.07) is 29.0. The second-order valence-electron chi connectivity index (χ2n) is 13.4. The first-order valence-corrected chi connectivity index (χ1v) is 14.7. The standard InChI is InChI=1S/C38H38N4O/c1-37(2,3)28-21-25(22-29(23-28)38(4,5)6)24-18-26(20-27(19-24)32-13-10-11-16-39-32)30-15-17-40-36-34(30)41-35(42(36)7)31-12-8-9-14-33(31)43/h8-23,43H,1-7H3. The molecule has 0 aliphatic heterocycles. The molecule has 0 aliphatic carbocycles. The molecule has 0 atom stereocenters. The van der Waals surface area contributed by atoms with Crippen molar-refractivity contribution < 1.29 is 5.11 Å². The predicted molar refractivity (Wildman–Crippen MR) is 177 cm³/mol. The average Bonchev–Trinajstić information content (AvgIpc) is 3.32. The van der Waals surface area contributed by atoms with E-state index in [0.29, 0.717) is 11.4 Å². The second-order valence-corrected chi connectivity index (χ2v) is 13.4. The first-order valence-electron chi connectivity index (χ1n) is 14.7. The van der Waals surface area contributed by atoms with Gasteiger partial charge < -0.3 is 9.67 Å². The van der Waals surface area contributed by atoms with Crippen LogP contribution in [0.4, 0.5) is 0 Å². The summed E-state index contributed by atoms with van der Waals surface area (Å²) in [5.74, 6) is 0.858. The van der Waals surface area contributed by atoms with E-state index in [0.717, 1.165) is 39.1 Å². The summed E-state index contributed by atoms with van der Waals surface area (Å²) in [6.07, 6.45) is 3.67. The molecule has 1 N–H and O–H groups in total. The Kier molecular flexibility index (Phi) is 6.92. The zero-order valence-corrected chi connectivity index (χ0v) is 26.0. The molecule has 5 heteroatoms. The Hall–Kier alpha value is -4.77. The average molecular weight is 567 g/mol. The van der Waals surface area contributed by atoms with E-state index in [1.54, 1.807) is 6.07 Å². The number of aromatic hydroxyl groups is 1. The zero-order chi connectivity index (χ0) is 30.5. The highest BCUT2D eigenvalue weighted by atomic mass is 16.3. The van der Waals surface area contributed by atoms with E-state index >= 15 is 0 Å². The van der Waals surface area contributed by atoms with Crippen molar-refractivity contribution in [1.29, 1.82) is 0 Å². The number of rotatable bonds is 4. The molecule has 43 heavy (non-hydrogen) atoms. The first kappa shape index (κ1) is 28.4. The summed E-state index contributed by atoms with van der Waals surface area (Å²) in [4.78, 5) is 14.4. The molecule has 0 bridgehead atoms. The van der Waals surface area contributed by atoms with Gasteiger partial charge in [-0.2, -0.15) is 0 Å². The monoisotopic (exact) mass is 566 g/mol. The Labute approximate surface area is 253 Å². The van der Waals surface area contributed by atoms with Gasteiger partial charge in [-0.05, 0) is 87.2 Å². The van der Waals surface area contributed by atoms with Gasteiger partial charge in [-0.1, -0.05) is 77.9 Å². The van der Waals surface area contributed by atoms with Crippen LogP contribution in [-0.2, 0) is 17.9 Å². The predicted octanol–water partition coefficient (Wildman–Crippen LogP) is 9.33. The van der Waals surface area contributed by atoms with Crippen molar-refractivity contribution in [2.45, 2.75) is 52.4 Å². The van der Waals surface area contributed by atoms with Crippen molar-refractivity contribution in [2.24, 2.45) is 7.05 Å². The number of hydrogen-bond acceptors (Lipinski definition) is 4. The maximum atomic E-state index is 10.6. The number of imidazole rings is 1. The molecule has 216 valence electrons. The van der Waals surface area contributed by atoms with Crippen molar-refractivity contribution in [1.82, 2.24) is 19.5 Å². The lowest BCUT2D eigenvalue weighted by Gasteiger charge is -2.26. The molecule has 6 rings (SSSR count). The molecule has 6 aromatic rings. The quantitative estimate of drug-likeness (QED) is 0.231. The number of aryl methyl sites for hydroxylation is 1. The Bertz CT molecular complexity index is 1920. The molecule has 0 saturated heterocycles. The van der Waals surface area contributed by atoms with Crippen molar-refractivity contribution in [2.75, 3.05) is 0 Å². The van der Waals surface area contributed by atoms with Gasteiger partial charge in [0.2, 0.25) is 0 Å². The van der Waals surface area contributed by atoms with Crippen LogP contribution in [0.3, 0.4) is 0 Å². The topological polar surface area (TPSA) is 63.8 Å². The molecule has 3 heterocycles. The van der Waals surface area contributed by atoms with E-state index in [1.807, 2.05) is 66.5 Å². The fourth-order valence-electron chi connectivity index (χ4n) is 5.51. The van der Waals surface area contributed by atoms with Crippen LogP contribution in [-0.4, -0.2) is 24.6 Å². The van der Waals surface area contributed by atoms with Gasteiger partial charge in [-0.15, -0.1) is 0 Å². The largest absolute Gasteiger partial charge is 0.507 e. The molecule has 0 spiro atoms. The summed E-state index contributed by atoms with van der Waals surface area (Å²) in [6.45, 7) is 13.6. The van der Waals surface area contributed by atoms with Gasteiger partial charge in [0, 0.05) is 30.6 Å². The SMILES string of the molecule is Cn1c(-c2ccccc2O)nc2c(-c3cc(-c4cc(C(C)(C)C)cc(C(C)(C)C)c4)cc(-c4ccccn4)c3)ccnc21. The highest BCUT2D eigenvalue weighted by Crippen LogP contribution is 2.39. The number of pyridine rings is 2. The van der Waals surface area contributed by atoms with Crippen LogP contribution in [0.25, 0.3) is 56.1 Å². The third-order valence-electron chi connectivity index (χ3n) is 8.11. The van der Waals surface area contributed by atoms with Crippen LogP contribution in [0.5, 0.6) is 5.75 Å². The summed E-state index contributed by atoms with van der Waals surface area (Å²) in [5.41, 5.74) is 11.1. The van der Waals surface area contributed by atoms with E-state index in [2.05, 4.69) is 82.9 Å². The number of fused-ring (bicyclic) bond motifs is 1. The summed E-state index contributed by atoms with van der Waals surface area (Å²) in [7, 11) is 1.94. The third-order valence-corrected chi connectivity index (χ3v) is 8.11. The van der Waals surface area contributed by atoms with Gasteiger partial charge >= 0.3 is 0 Å². The van der Waals surface area contributed by atoms with E-state index in [1.165, 1.54) is 16.7 Å². The second kappa shape index (κ2) is 10.5. The molecule has 0 radical (unpaired) electrons. The van der Waals surface area contributed by atoms with E-state index in [9.17, 15) is 5.11 Å².